The number of carboxylic acids is 1. The summed E-state index contributed by atoms with van der Waals surface area (Å²) in [6.07, 6.45) is 2.10. The van der Waals surface area contributed by atoms with Crippen LogP contribution in [0.2, 0.25) is 0 Å². The summed E-state index contributed by atoms with van der Waals surface area (Å²) in [7, 11) is 1.61. The van der Waals surface area contributed by atoms with Crippen LogP contribution in [0, 0.1) is 0 Å². The molecule has 1 atom stereocenters. The summed E-state index contributed by atoms with van der Waals surface area (Å²) in [5, 5.41) is 11.0. The van der Waals surface area contributed by atoms with Crippen molar-refractivity contribution >= 4 is 22.3 Å². The van der Waals surface area contributed by atoms with Gasteiger partial charge < -0.3 is 15.6 Å². The molecule has 0 saturated heterocycles. The van der Waals surface area contributed by atoms with E-state index < -0.39 is 12.0 Å². The molecule has 0 saturated carbocycles. The van der Waals surface area contributed by atoms with Crippen LogP contribution in [0.3, 0.4) is 0 Å². The second kappa shape index (κ2) is 5.78. The number of nitrogens with two attached hydrogens (primary N) is 1. The number of methoxy groups -OCH3 is 1. The van der Waals surface area contributed by atoms with Gasteiger partial charge >= 0.3 is 5.97 Å². The highest BCUT2D eigenvalue weighted by atomic mass is 32.1. The zero-order valence-electron chi connectivity index (χ0n) is 11.9. The lowest BCUT2D eigenvalue weighted by molar-refractivity contribution is -0.138. The normalized spacial score (nSPS) is 12.5. The Morgan fingerprint density at radius 1 is 1.45 bits per heavy atom. The van der Waals surface area contributed by atoms with E-state index >= 15 is 0 Å². The van der Waals surface area contributed by atoms with E-state index in [1.165, 1.54) is 11.3 Å². The summed E-state index contributed by atoms with van der Waals surface area (Å²) in [4.78, 5) is 16.5. The quantitative estimate of drug-likeness (QED) is 0.751. The number of carboxylic acid groups (broad SMARTS) is 1. The van der Waals surface area contributed by atoms with E-state index in [1.54, 1.807) is 7.11 Å². The molecule has 0 amide bonds. The van der Waals surface area contributed by atoms with Crippen LogP contribution in [0.4, 0.5) is 0 Å². The molecule has 0 spiro atoms. The van der Waals surface area contributed by atoms with Gasteiger partial charge in [0.2, 0.25) is 0 Å². The van der Waals surface area contributed by atoms with Gasteiger partial charge in [-0.1, -0.05) is 0 Å². The van der Waals surface area contributed by atoms with Gasteiger partial charge in [0, 0.05) is 23.6 Å². The fraction of sp³-hybridized carbons (Fsp3) is 0.200. The molecule has 2 heterocycles. The Balaban J connectivity index is 2.07. The maximum Gasteiger partial charge on any atom is 0.320 e. The van der Waals surface area contributed by atoms with E-state index in [-0.39, 0.29) is 6.42 Å². The van der Waals surface area contributed by atoms with E-state index in [0.29, 0.717) is 0 Å². The molecule has 3 N–H and O–H groups in total. The molecular weight excluding hydrogens is 302 g/mol. The first-order chi connectivity index (χ1) is 10.6. The summed E-state index contributed by atoms with van der Waals surface area (Å²) in [5.41, 5.74) is 8.17. The van der Waals surface area contributed by atoms with Crippen LogP contribution in [0.1, 0.15) is 5.69 Å². The molecule has 7 heteroatoms. The Hall–Kier alpha value is -2.38. The largest absolute Gasteiger partial charge is 0.497 e. The smallest absolute Gasteiger partial charge is 0.320 e. The Morgan fingerprint density at radius 3 is 2.82 bits per heavy atom. The lowest BCUT2D eigenvalue weighted by Gasteiger charge is -2.08. The summed E-state index contributed by atoms with van der Waals surface area (Å²) in [5.74, 6) is -0.264. The van der Waals surface area contributed by atoms with E-state index in [4.69, 9.17) is 15.6 Å². The van der Waals surface area contributed by atoms with E-state index in [1.807, 2.05) is 40.2 Å². The zero-order valence-corrected chi connectivity index (χ0v) is 12.7. The number of nitrogens with zero attached hydrogens (tertiary/aromatic N) is 2. The van der Waals surface area contributed by atoms with Crippen LogP contribution >= 0.6 is 11.3 Å². The highest BCUT2D eigenvalue weighted by Crippen LogP contribution is 2.28. The molecular formula is C15H15N3O3S. The van der Waals surface area contributed by atoms with Crippen LogP contribution < -0.4 is 10.5 Å². The summed E-state index contributed by atoms with van der Waals surface area (Å²) >= 11 is 1.50. The number of aliphatic carboxylic acids is 1. The van der Waals surface area contributed by atoms with Crippen molar-refractivity contribution in [1.29, 1.82) is 0 Å². The Kier molecular flexibility index (Phi) is 3.82. The van der Waals surface area contributed by atoms with E-state index in [0.717, 1.165) is 27.7 Å². The highest BCUT2D eigenvalue weighted by Gasteiger charge is 2.20. The number of thiazole rings is 1. The van der Waals surface area contributed by atoms with Crippen molar-refractivity contribution < 1.29 is 14.6 Å². The first kappa shape index (κ1) is 14.6. The average molecular weight is 317 g/mol. The van der Waals surface area contributed by atoms with Crippen molar-refractivity contribution in [3.63, 3.8) is 0 Å². The zero-order chi connectivity index (χ0) is 15.7. The maximum atomic E-state index is 11.1. The number of fused-ring (bicyclic) bond motifs is 1. The SMILES string of the molecule is COc1ccc(-c2nc3sccn3c2CC(N)C(=O)O)cc1. The Bertz CT molecular complexity index is 807. The predicted molar refractivity (Wildman–Crippen MR) is 84.4 cm³/mol. The van der Waals surface area contributed by atoms with Crippen LogP contribution in [0.25, 0.3) is 16.2 Å². The van der Waals surface area contributed by atoms with Gasteiger partial charge in [0.15, 0.2) is 4.96 Å². The molecule has 0 fully saturated rings. The second-order valence-electron chi connectivity index (χ2n) is 4.84. The molecule has 3 rings (SSSR count). The minimum Gasteiger partial charge on any atom is -0.497 e. The number of imidazole rings is 1. The van der Waals surface area contributed by atoms with Gasteiger partial charge in [-0.15, -0.1) is 11.3 Å². The third-order valence-corrected chi connectivity index (χ3v) is 4.21. The molecule has 114 valence electrons. The van der Waals surface area contributed by atoms with Crippen LogP contribution in [0.15, 0.2) is 35.8 Å². The molecule has 0 radical (unpaired) electrons. The standard InChI is InChI=1S/C15H15N3O3S/c1-21-10-4-2-9(3-5-10)13-12(8-11(16)14(19)20)18-6-7-22-15(18)17-13/h2-7,11H,8,16H2,1H3,(H,19,20). The number of ether oxygens (including phenoxy) is 1. The topological polar surface area (TPSA) is 89.9 Å². The van der Waals surface area contributed by atoms with Gasteiger partial charge in [0.05, 0.1) is 18.5 Å². The third kappa shape index (κ3) is 2.56. The molecule has 6 nitrogen and oxygen atoms in total. The van der Waals surface area contributed by atoms with E-state index in [9.17, 15) is 4.79 Å². The first-order valence-corrected chi connectivity index (χ1v) is 7.55. The lowest BCUT2D eigenvalue weighted by Crippen LogP contribution is -2.32. The van der Waals surface area contributed by atoms with Crippen molar-refractivity contribution in [3.05, 3.63) is 41.5 Å². The van der Waals surface area contributed by atoms with Crippen molar-refractivity contribution in [1.82, 2.24) is 9.38 Å². The molecule has 0 aliphatic heterocycles. The van der Waals surface area contributed by atoms with Crippen LogP contribution in [-0.2, 0) is 11.2 Å². The van der Waals surface area contributed by atoms with Gasteiger partial charge in [-0.2, -0.15) is 0 Å². The molecule has 0 aliphatic carbocycles. The molecule has 1 unspecified atom stereocenters. The van der Waals surface area contributed by atoms with Gasteiger partial charge in [-0.3, -0.25) is 9.20 Å². The van der Waals surface area contributed by atoms with E-state index in [2.05, 4.69) is 4.98 Å². The molecule has 0 aliphatic rings. The predicted octanol–water partition coefficient (Wildman–Crippen LogP) is 2.03. The van der Waals surface area contributed by atoms with Crippen molar-refractivity contribution in [2.24, 2.45) is 5.73 Å². The number of carbonyl (C=O) groups is 1. The minimum atomic E-state index is -1.02. The fourth-order valence-corrected chi connectivity index (χ4v) is 3.04. The number of rotatable bonds is 5. The number of benzene rings is 1. The highest BCUT2D eigenvalue weighted by molar-refractivity contribution is 7.15. The van der Waals surface area contributed by atoms with Crippen molar-refractivity contribution in [3.8, 4) is 17.0 Å². The van der Waals surface area contributed by atoms with Crippen LogP contribution in [-0.4, -0.2) is 33.6 Å². The maximum absolute atomic E-state index is 11.1. The van der Waals surface area contributed by atoms with Gasteiger partial charge in [-0.25, -0.2) is 4.98 Å². The number of hydrogen-bond acceptors (Lipinski definition) is 5. The monoisotopic (exact) mass is 317 g/mol. The van der Waals surface area contributed by atoms with Crippen molar-refractivity contribution in [2.45, 2.75) is 12.5 Å². The Morgan fingerprint density at radius 2 is 2.18 bits per heavy atom. The summed E-state index contributed by atoms with van der Waals surface area (Å²) in [6.45, 7) is 0. The van der Waals surface area contributed by atoms with Crippen LogP contribution in [0.5, 0.6) is 5.75 Å². The Labute approximate surface area is 130 Å². The first-order valence-electron chi connectivity index (χ1n) is 6.67. The van der Waals surface area contributed by atoms with Gasteiger partial charge in [0.1, 0.15) is 11.8 Å². The molecule has 0 bridgehead atoms. The van der Waals surface area contributed by atoms with Gasteiger partial charge in [-0.05, 0) is 24.3 Å². The number of hydrogen-bond donors (Lipinski definition) is 2. The second-order valence-corrected chi connectivity index (χ2v) is 5.71. The minimum absolute atomic E-state index is 0.217. The van der Waals surface area contributed by atoms with Crippen molar-refractivity contribution in [2.75, 3.05) is 7.11 Å². The lowest BCUT2D eigenvalue weighted by atomic mass is 10.1. The third-order valence-electron chi connectivity index (χ3n) is 3.45. The fourth-order valence-electron chi connectivity index (χ4n) is 2.30. The van der Waals surface area contributed by atoms with Gasteiger partial charge in [0.25, 0.3) is 0 Å². The molecule has 2 aromatic heterocycles. The molecule has 3 aromatic rings. The summed E-state index contributed by atoms with van der Waals surface area (Å²) in [6, 6.07) is 6.55. The number of aromatic nitrogens is 2. The average Bonchev–Trinajstić information content (AvgIpc) is 3.10. The molecule has 1 aromatic carbocycles. The molecule has 22 heavy (non-hydrogen) atoms. The summed E-state index contributed by atoms with van der Waals surface area (Å²) < 4.78 is 7.05.